The smallest absolute Gasteiger partial charge is 0.336 e. The Morgan fingerprint density at radius 1 is 1.40 bits per heavy atom. The highest BCUT2D eigenvalue weighted by atomic mass is 35.5. The van der Waals surface area contributed by atoms with E-state index in [-0.39, 0.29) is 11.3 Å². The fraction of sp³-hybridized carbons (Fsp3) is 0.273. The van der Waals surface area contributed by atoms with Crippen molar-refractivity contribution in [2.45, 2.75) is 19.2 Å². The number of carboxylic acids is 1. The average molecular weight is 227 g/mol. The van der Waals surface area contributed by atoms with Gasteiger partial charge in [0.1, 0.15) is 5.38 Å². The summed E-state index contributed by atoms with van der Waals surface area (Å²) in [5, 5.41) is 8.11. The van der Waals surface area contributed by atoms with Gasteiger partial charge in [-0.1, -0.05) is 18.2 Å². The van der Waals surface area contributed by atoms with Crippen LogP contribution in [0.25, 0.3) is 0 Å². The van der Waals surface area contributed by atoms with Crippen molar-refractivity contribution in [3.63, 3.8) is 0 Å². The van der Waals surface area contributed by atoms with E-state index in [1.165, 1.54) is 6.92 Å². The van der Waals surface area contributed by atoms with Crippen LogP contribution in [0.4, 0.5) is 0 Å². The molecular weight excluding hydrogens is 216 g/mol. The number of ketones is 1. The molecule has 0 aromatic heterocycles. The quantitative estimate of drug-likeness (QED) is 0.806. The maximum atomic E-state index is 11.1. The first-order chi connectivity index (χ1) is 6.95. The number of benzene rings is 1. The van der Waals surface area contributed by atoms with Crippen molar-refractivity contribution in [3.8, 4) is 0 Å². The van der Waals surface area contributed by atoms with Gasteiger partial charge in [0.05, 0.1) is 5.56 Å². The maximum Gasteiger partial charge on any atom is 0.336 e. The normalized spacial score (nSPS) is 12.2. The number of rotatable bonds is 3. The number of aryl methyl sites for hydroxylation is 1. The number of Topliss-reactive ketones (excluding diaryl/α,β-unsaturated/α-hetero) is 1. The molecule has 1 rings (SSSR count). The topological polar surface area (TPSA) is 54.4 Å². The molecule has 0 fully saturated rings. The Morgan fingerprint density at radius 3 is 2.47 bits per heavy atom. The van der Waals surface area contributed by atoms with Gasteiger partial charge >= 0.3 is 5.97 Å². The molecule has 1 aromatic rings. The number of aromatic carboxylic acids is 1. The van der Waals surface area contributed by atoms with E-state index in [2.05, 4.69) is 0 Å². The number of carbonyl (C=O) groups excluding carboxylic acids is 1. The van der Waals surface area contributed by atoms with Gasteiger partial charge in [-0.25, -0.2) is 4.79 Å². The zero-order valence-corrected chi connectivity index (χ0v) is 9.21. The second-order valence-corrected chi connectivity index (χ2v) is 3.75. The van der Waals surface area contributed by atoms with Crippen LogP contribution in [0.2, 0.25) is 0 Å². The number of halogens is 1. The van der Waals surface area contributed by atoms with Gasteiger partial charge in [-0.3, -0.25) is 4.79 Å². The van der Waals surface area contributed by atoms with Gasteiger partial charge < -0.3 is 5.11 Å². The third kappa shape index (κ3) is 2.36. The number of carboxylic acid groups (broad SMARTS) is 1. The summed E-state index contributed by atoms with van der Waals surface area (Å²) >= 11 is 5.85. The lowest BCUT2D eigenvalue weighted by atomic mass is 9.98. The standard InChI is InChI=1S/C11H11ClO3/c1-6-4-3-5-8(9(6)11(14)15)10(12)7(2)13/h3-5,10H,1-2H3,(H,14,15). The summed E-state index contributed by atoms with van der Waals surface area (Å²) in [6.45, 7) is 3.02. The van der Waals surface area contributed by atoms with E-state index < -0.39 is 11.3 Å². The summed E-state index contributed by atoms with van der Waals surface area (Å²) in [4.78, 5) is 22.1. The van der Waals surface area contributed by atoms with E-state index in [0.717, 1.165) is 0 Å². The lowest BCUT2D eigenvalue weighted by Crippen LogP contribution is -2.10. The third-order valence-corrected chi connectivity index (χ3v) is 2.69. The van der Waals surface area contributed by atoms with Crippen LogP contribution in [0.5, 0.6) is 0 Å². The molecule has 1 aromatic carbocycles. The van der Waals surface area contributed by atoms with Crippen LogP contribution in [0.1, 0.15) is 33.8 Å². The molecule has 80 valence electrons. The van der Waals surface area contributed by atoms with Crippen molar-refractivity contribution >= 4 is 23.4 Å². The van der Waals surface area contributed by atoms with E-state index >= 15 is 0 Å². The molecule has 4 heteroatoms. The lowest BCUT2D eigenvalue weighted by molar-refractivity contribution is -0.116. The Hall–Kier alpha value is -1.35. The van der Waals surface area contributed by atoms with Crippen LogP contribution < -0.4 is 0 Å². The minimum absolute atomic E-state index is 0.118. The number of carbonyl (C=O) groups is 2. The molecule has 0 amide bonds. The van der Waals surface area contributed by atoms with Gasteiger partial charge in [-0.15, -0.1) is 11.6 Å². The fourth-order valence-corrected chi connectivity index (χ4v) is 1.59. The highest BCUT2D eigenvalue weighted by Crippen LogP contribution is 2.26. The summed E-state index contributed by atoms with van der Waals surface area (Å²) in [5.74, 6) is -1.32. The third-order valence-electron chi connectivity index (χ3n) is 2.15. The van der Waals surface area contributed by atoms with Crippen LogP contribution in [-0.4, -0.2) is 16.9 Å². The average Bonchev–Trinajstić information content (AvgIpc) is 2.15. The Morgan fingerprint density at radius 2 is 2.00 bits per heavy atom. The van der Waals surface area contributed by atoms with Gasteiger partial charge in [0.2, 0.25) is 0 Å². The molecule has 0 aliphatic rings. The Balaban J connectivity index is 3.35. The number of hydrogen-bond acceptors (Lipinski definition) is 2. The van der Waals surface area contributed by atoms with E-state index in [4.69, 9.17) is 16.7 Å². The number of hydrogen-bond donors (Lipinski definition) is 1. The van der Waals surface area contributed by atoms with Crippen molar-refractivity contribution in [2.75, 3.05) is 0 Å². The highest BCUT2D eigenvalue weighted by Gasteiger charge is 2.21. The van der Waals surface area contributed by atoms with Gasteiger partial charge in [0, 0.05) is 0 Å². The monoisotopic (exact) mass is 226 g/mol. The van der Waals surface area contributed by atoms with Gasteiger partial charge in [0.25, 0.3) is 0 Å². The molecule has 0 saturated carbocycles. The second-order valence-electron chi connectivity index (χ2n) is 3.32. The zero-order chi connectivity index (χ0) is 11.6. The first kappa shape index (κ1) is 11.7. The Kier molecular flexibility index (Phi) is 3.48. The molecule has 0 heterocycles. The molecule has 0 aliphatic carbocycles. The SMILES string of the molecule is CC(=O)C(Cl)c1cccc(C)c1C(=O)O. The molecule has 0 saturated heterocycles. The van der Waals surface area contributed by atoms with Crippen molar-refractivity contribution in [1.82, 2.24) is 0 Å². The predicted molar refractivity (Wildman–Crippen MR) is 57.4 cm³/mol. The predicted octanol–water partition coefficient (Wildman–Crippen LogP) is 2.56. The minimum atomic E-state index is -1.06. The fourth-order valence-electron chi connectivity index (χ4n) is 1.41. The zero-order valence-electron chi connectivity index (χ0n) is 8.45. The van der Waals surface area contributed by atoms with Crippen LogP contribution in [0, 0.1) is 6.92 Å². The molecule has 1 N–H and O–H groups in total. The van der Waals surface area contributed by atoms with E-state index in [0.29, 0.717) is 11.1 Å². The summed E-state index contributed by atoms with van der Waals surface area (Å²) in [7, 11) is 0. The summed E-state index contributed by atoms with van der Waals surface area (Å²) in [5.41, 5.74) is 1.08. The molecule has 15 heavy (non-hydrogen) atoms. The maximum absolute atomic E-state index is 11.1. The van der Waals surface area contributed by atoms with Crippen LogP contribution in [0.15, 0.2) is 18.2 Å². The highest BCUT2D eigenvalue weighted by molar-refractivity contribution is 6.31. The summed E-state index contributed by atoms with van der Waals surface area (Å²) in [6, 6.07) is 4.93. The molecule has 0 bridgehead atoms. The molecule has 1 atom stereocenters. The van der Waals surface area contributed by atoms with E-state index in [9.17, 15) is 9.59 Å². The summed E-state index contributed by atoms with van der Waals surface area (Å²) < 4.78 is 0. The first-order valence-electron chi connectivity index (χ1n) is 4.42. The molecule has 0 aliphatic heterocycles. The van der Waals surface area contributed by atoms with Crippen LogP contribution in [0.3, 0.4) is 0 Å². The molecule has 0 radical (unpaired) electrons. The lowest BCUT2D eigenvalue weighted by Gasteiger charge is -2.11. The molecular formula is C11H11ClO3. The minimum Gasteiger partial charge on any atom is -0.478 e. The summed E-state index contributed by atoms with van der Waals surface area (Å²) in [6.07, 6.45) is 0. The van der Waals surface area contributed by atoms with Crippen LogP contribution >= 0.6 is 11.6 Å². The van der Waals surface area contributed by atoms with Crippen molar-refractivity contribution in [1.29, 1.82) is 0 Å². The van der Waals surface area contributed by atoms with Crippen molar-refractivity contribution in [3.05, 3.63) is 34.9 Å². The first-order valence-corrected chi connectivity index (χ1v) is 4.86. The van der Waals surface area contributed by atoms with E-state index in [1.54, 1.807) is 25.1 Å². The molecule has 0 spiro atoms. The number of alkyl halides is 1. The van der Waals surface area contributed by atoms with Gasteiger partial charge in [-0.2, -0.15) is 0 Å². The van der Waals surface area contributed by atoms with Gasteiger partial charge in [-0.05, 0) is 25.0 Å². The second kappa shape index (κ2) is 4.45. The van der Waals surface area contributed by atoms with Gasteiger partial charge in [0.15, 0.2) is 5.78 Å². The Bertz CT molecular complexity index is 412. The molecule has 3 nitrogen and oxygen atoms in total. The largest absolute Gasteiger partial charge is 0.478 e. The van der Waals surface area contributed by atoms with Crippen molar-refractivity contribution in [2.24, 2.45) is 0 Å². The molecule has 1 unspecified atom stereocenters. The van der Waals surface area contributed by atoms with Crippen molar-refractivity contribution < 1.29 is 14.7 Å². The van der Waals surface area contributed by atoms with Crippen LogP contribution in [-0.2, 0) is 4.79 Å². The Labute approximate surface area is 92.7 Å². The van der Waals surface area contributed by atoms with E-state index in [1.807, 2.05) is 0 Å².